The molecule has 1 saturated heterocycles. The lowest BCUT2D eigenvalue weighted by Gasteiger charge is -2.30. The summed E-state index contributed by atoms with van der Waals surface area (Å²) in [5.74, 6) is 0.555. The summed E-state index contributed by atoms with van der Waals surface area (Å²) in [5.41, 5.74) is 2.46. The first-order valence-electron chi connectivity index (χ1n) is 8.56. The summed E-state index contributed by atoms with van der Waals surface area (Å²) in [6.07, 6.45) is 2.15. The van der Waals surface area contributed by atoms with Crippen LogP contribution in [0.4, 0.5) is 4.39 Å². The molecule has 0 aliphatic carbocycles. The zero-order valence-corrected chi connectivity index (χ0v) is 14.9. The van der Waals surface area contributed by atoms with E-state index in [0.29, 0.717) is 11.5 Å². The summed E-state index contributed by atoms with van der Waals surface area (Å²) in [5, 5.41) is 0.839. The summed E-state index contributed by atoms with van der Waals surface area (Å²) < 4.78 is 14.2. The molecule has 1 aromatic heterocycles. The maximum absolute atomic E-state index is 13.3. The van der Waals surface area contributed by atoms with E-state index in [4.69, 9.17) is 0 Å². The van der Waals surface area contributed by atoms with E-state index in [-0.39, 0.29) is 11.7 Å². The molecule has 2 aromatic carbocycles. The molecule has 3 nitrogen and oxygen atoms in total. The number of hydrogen-bond acceptors (Lipinski definition) is 3. The van der Waals surface area contributed by atoms with Crippen LogP contribution in [0.15, 0.2) is 42.5 Å². The molecule has 0 N–H and O–H groups in total. The van der Waals surface area contributed by atoms with Crippen molar-refractivity contribution in [3.8, 4) is 10.6 Å². The van der Waals surface area contributed by atoms with Crippen molar-refractivity contribution >= 4 is 27.5 Å². The molecule has 1 aliphatic heterocycles. The molecule has 0 saturated carbocycles. The van der Waals surface area contributed by atoms with Crippen LogP contribution in [0, 0.1) is 11.7 Å². The second kappa shape index (κ2) is 6.56. The Labute approximate surface area is 150 Å². The molecule has 1 amide bonds. The van der Waals surface area contributed by atoms with Crippen molar-refractivity contribution in [2.24, 2.45) is 5.92 Å². The lowest BCUT2D eigenvalue weighted by molar-refractivity contribution is 0.0697. The van der Waals surface area contributed by atoms with E-state index < -0.39 is 0 Å². The second-order valence-corrected chi connectivity index (χ2v) is 7.71. The zero-order valence-electron chi connectivity index (χ0n) is 14.0. The van der Waals surface area contributed by atoms with Crippen LogP contribution < -0.4 is 0 Å². The molecule has 5 heteroatoms. The Morgan fingerprint density at radius 1 is 1.16 bits per heavy atom. The third-order valence-corrected chi connectivity index (χ3v) is 5.87. The molecule has 25 heavy (non-hydrogen) atoms. The summed E-state index contributed by atoms with van der Waals surface area (Å²) in [4.78, 5) is 19.1. The average molecular weight is 354 g/mol. The van der Waals surface area contributed by atoms with E-state index in [1.807, 2.05) is 29.2 Å². The number of piperidine rings is 1. The molecule has 0 radical (unpaired) electrons. The standard InChI is InChI=1S/C20H19FN2OS/c1-13-8-10-23(11-9-13)20(24)15-4-2-14(3-5-15)19-22-17-7-6-16(21)12-18(17)25-19/h2-7,12-13H,8-11H2,1H3. The van der Waals surface area contributed by atoms with Crippen molar-refractivity contribution in [1.29, 1.82) is 0 Å². The first-order valence-corrected chi connectivity index (χ1v) is 9.37. The second-order valence-electron chi connectivity index (χ2n) is 6.68. The molecule has 4 rings (SSSR count). The fourth-order valence-corrected chi connectivity index (χ4v) is 4.17. The van der Waals surface area contributed by atoms with Gasteiger partial charge < -0.3 is 4.90 Å². The molecule has 1 aliphatic rings. The summed E-state index contributed by atoms with van der Waals surface area (Å²) in [6, 6.07) is 12.2. The Morgan fingerprint density at radius 3 is 2.60 bits per heavy atom. The number of aromatic nitrogens is 1. The number of benzene rings is 2. The van der Waals surface area contributed by atoms with E-state index in [1.165, 1.54) is 23.5 Å². The van der Waals surface area contributed by atoms with Gasteiger partial charge in [0.25, 0.3) is 5.91 Å². The van der Waals surface area contributed by atoms with E-state index in [1.54, 1.807) is 6.07 Å². The number of hydrogen-bond donors (Lipinski definition) is 0. The van der Waals surface area contributed by atoms with E-state index in [2.05, 4.69) is 11.9 Å². The van der Waals surface area contributed by atoms with Gasteiger partial charge in [0.1, 0.15) is 10.8 Å². The molecule has 128 valence electrons. The SMILES string of the molecule is CC1CCN(C(=O)c2ccc(-c3nc4ccc(F)cc4s3)cc2)CC1. The van der Waals surface area contributed by atoms with Crippen molar-refractivity contribution in [3.05, 3.63) is 53.8 Å². The van der Waals surface area contributed by atoms with Gasteiger partial charge in [-0.25, -0.2) is 9.37 Å². The molecular formula is C20H19FN2OS. The largest absolute Gasteiger partial charge is 0.339 e. The van der Waals surface area contributed by atoms with E-state index >= 15 is 0 Å². The fourth-order valence-electron chi connectivity index (χ4n) is 3.17. The van der Waals surface area contributed by atoms with Gasteiger partial charge in [0, 0.05) is 24.2 Å². The van der Waals surface area contributed by atoms with Crippen molar-refractivity contribution in [3.63, 3.8) is 0 Å². The van der Waals surface area contributed by atoms with Gasteiger partial charge in [0.15, 0.2) is 0 Å². The van der Waals surface area contributed by atoms with Crippen LogP contribution in [0.5, 0.6) is 0 Å². The smallest absolute Gasteiger partial charge is 0.253 e. The number of halogens is 1. The van der Waals surface area contributed by atoms with Gasteiger partial charge in [0.05, 0.1) is 10.2 Å². The Hall–Kier alpha value is -2.27. The molecule has 2 heterocycles. The number of thiazole rings is 1. The topological polar surface area (TPSA) is 33.2 Å². The maximum Gasteiger partial charge on any atom is 0.253 e. The molecule has 0 bridgehead atoms. The number of likely N-dealkylation sites (tertiary alicyclic amines) is 1. The van der Waals surface area contributed by atoms with Crippen LogP contribution in [0.25, 0.3) is 20.8 Å². The highest BCUT2D eigenvalue weighted by atomic mass is 32.1. The van der Waals surface area contributed by atoms with E-state index in [0.717, 1.165) is 46.7 Å². The highest BCUT2D eigenvalue weighted by molar-refractivity contribution is 7.21. The molecule has 1 fully saturated rings. The third-order valence-electron chi connectivity index (χ3n) is 4.80. The number of fused-ring (bicyclic) bond motifs is 1. The number of rotatable bonds is 2. The van der Waals surface area contributed by atoms with Gasteiger partial charge in [-0.3, -0.25) is 4.79 Å². The van der Waals surface area contributed by atoms with Gasteiger partial charge in [-0.15, -0.1) is 11.3 Å². The van der Waals surface area contributed by atoms with Crippen LogP contribution in [0.2, 0.25) is 0 Å². The third kappa shape index (κ3) is 3.29. The number of carbonyl (C=O) groups excluding carboxylic acids is 1. The molecule has 0 unspecified atom stereocenters. The number of carbonyl (C=O) groups is 1. The Morgan fingerprint density at radius 2 is 1.88 bits per heavy atom. The Balaban J connectivity index is 1.55. The normalized spacial score (nSPS) is 15.7. The van der Waals surface area contributed by atoms with E-state index in [9.17, 15) is 9.18 Å². The molecular weight excluding hydrogens is 335 g/mol. The minimum atomic E-state index is -0.250. The van der Waals surface area contributed by atoms with Crippen molar-refractivity contribution in [1.82, 2.24) is 9.88 Å². The highest BCUT2D eigenvalue weighted by Crippen LogP contribution is 2.31. The highest BCUT2D eigenvalue weighted by Gasteiger charge is 2.21. The van der Waals surface area contributed by atoms with Crippen molar-refractivity contribution in [2.45, 2.75) is 19.8 Å². The zero-order chi connectivity index (χ0) is 17.4. The maximum atomic E-state index is 13.3. The van der Waals surface area contributed by atoms with Gasteiger partial charge >= 0.3 is 0 Å². The molecule has 0 atom stereocenters. The minimum Gasteiger partial charge on any atom is -0.339 e. The van der Waals surface area contributed by atoms with Gasteiger partial charge in [-0.1, -0.05) is 19.1 Å². The first kappa shape index (κ1) is 16.2. The van der Waals surface area contributed by atoms with Crippen LogP contribution >= 0.6 is 11.3 Å². The van der Waals surface area contributed by atoms with Crippen molar-refractivity contribution in [2.75, 3.05) is 13.1 Å². The minimum absolute atomic E-state index is 0.102. The lowest BCUT2D eigenvalue weighted by Crippen LogP contribution is -2.37. The van der Waals surface area contributed by atoms with Crippen molar-refractivity contribution < 1.29 is 9.18 Å². The summed E-state index contributed by atoms with van der Waals surface area (Å²) in [7, 11) is 0. The van der Waals surface area contributed by atoms with Crippen LogP contribution in [0.1, 0.15) is 30.1 Å². The Bertz CT molecular complexity index is 911. The Kier molecular flexibility index (Phi) is 4.25. The predicted molar refractivity (Wildman–Crippen MR) is 99.3 cm³/mol. The van der Waals surface area contributed by atoms with Gasteiger partial charge in [0.2, 0.25) is 0 Å². The van der Waals surface area contributed by atoms with Crippen LogP contribution in [-0.2, 0) is 0 Å². The molecule has 0 spiro atoms. The monoisotopic (exact) mass is 354 g/mol. The number of nitrogens with zero attached hydrogens (tertiary/aromatic N) is 2. The van der Waals surface area contributed by atoms with Gasteiger partial charge in [-0.05, 0) is 49.1 Å². The quantitative estimate of drug-likeness (QED) is 0.651. The average Bonchev–Trinajstić information content (AvgIpc) is 3.05. The molecule has 3 aromatic rings. The fraction of sp³-hybridized carbons (Fsp3) is 0.300. The lowest BCUT2D eigenvalue weighted by atomic mass is 9.98. The van der Waals surface area contributed by atoms with Crippen LogP contribution in [0.3, 0.4) is 0 Å². The van der Waals surface area contributed by atoms with Gasteiger partial charge in [-0.2, -0.15) is 0 Å². The van der Waals surface area contributed by atoms with Crippen LogP contribution in [-0.4, -0.2) is 28.9 Å². The predicted octanol–water partition coefficient (Wildman–Crippen LogP) is 4.97. The first-order chi connectivity index (χ1) is 12.1. The summed E-state index contributed by atoms with van der Waals surface area (Å²) >= 11 is 1.46. The number of amides is 1. The summed E-state index contributed by atoms with van der Waals surface area (Å²) in [6.45, 7) is 3.91.